The second-order valence-corrected chi connectivity index (χ2v) is 7.98. The molecular weight excluding hydrogens is 350 g/mol. The number of thiophene rings is 1. The Balaban J connectivity index is 1.76. The van der Waals surface area contributed by atoms with Gasteiger partial charge in [0.1, 0.15) is 6.10 Å². The Labute approximate surface area is 143 Å². The van der Waals surface area contributed by atoms with Gasteiger partial charge in [-0.3, -0.25) is 18.7 Å². The highest BCUT2D eigenvalue weighted by molar-refractivity contribution is 7.86. The molecule has 3 rings (SSSR count). The molecule has 2 amide bonds. The Hall–Kier alpha value is -2.03. The molecule has 1 aromatic carbocycles. The molecule has 0 aliphatic carbocycles. The van der Waals surface area contributed by atoms with Crippen molar-refractivity contribution >= 4 is 33.3 Å². The first-order valence-electron chi connectivity index (χ1n) is 7.24. The van der Waals surface area contributed by atoms with Crippen LogP contribution in [-0.4, -0.2) is 37.9 Å². The molecule has 0 radical (unpaired) electrons. The fourth-order valence-electron chi connectivity index (χ4n) is 2.61. The Morgan fingerprint density at radius 3 is 2.21 bits per heavy atom. The number of hydrogen-bond donors (Lipinski definition) is 0. The van der Waals surface area contributed by atoms with E-state index in [9.17, 15) is 18.0 Å². The summed E-state index contributed by atoms with van der Waals surface area (Å²) in [5.41, 5.74) is 0.749. The van der Waals surface area contributed by atoms with Crippen LogP contribution in [0.2, 0.25) is 0 Å². The van der Waals surface area contributed by atoms with E-state index in [1.807, 2.05) is 5.38 Å². The molecule has 2 heterocycles. The molecule has 6 nitrogen and oxygen atoms in total. The van der Waals surface area contributed by atoms with Gasteiger partial charge in [0.05, 0.1) is 17.4 Å². The molecule has 0 spiro atoms. The number of nitrogens with zero attached hydrogens (tertiary/aromatic N) is 1. The van der Waals surface area contributed by atoms with Gasteiger partial charge < -0.3 is 0 Å². The standard InChI is InChI=1S/C16H15NO5S2/c1-24(20,21)22-13(14-7-4-10-23-14)8-9-17-15(18)11-5-2-3-6-12(11)16(17)19/h2-7,10,13H,8-9H2,1H3. The van der Waals surface area contributed by atoms with Gasteiger partial charge in [0.25, 0.3) is 21.9 Å². The van der Waals surface area contributed by atoms with Gasteiger partial charge in [-0.05, 0) is 30.0 Å². The fraction of sp³-hybridized carbons (Fsp3) is 0.250. The summed E-state index contributed by atoms with van der Waals surface area (Å²) in [6.45, 7) is 0.0877. The minimum Gasteiger partial charge on any atom is -0.274 e. The van der Waals surface area contributed by atoms with Gasteiger partial charge >= 0.3 is 0 Å². The van der Waals surface area contributed by atoms with Crippen molar-refractivity contribution in [3.63, 3.8) is 0 Å². The van der Waals surface area contributed by atoms with Crippen LogP contribution in [-0.2, 0) is 14.3 Å². The third-order valence-electron chi connectivity index (χ3n) is 3.64. The fourth-order valence-corrected chi connectivity index (χ4v) is 4.08. The quantitative estimate of drug-likeness (QED) is 0.580. The highest BCUT2D eigenvalue weighted by Crippen LogP contribution is 2.29. The molecule has 1 atom stereocenters. The Bertz CT molecular complexity index is 839. The van der Waals surface area contributed by atoms with Crippen LogP contribution >= 0.6 is 11.3 Å². The first-order chi connectivity index (χ1) is 11.4. The summed E-state index contributed by atoms with van der Waals surface area (Å²) in [6, 6.07) is 10.2. The van der Waals surface area contributed by atoms with E-state index in [2.05, 4.69) is 0 Å². The Kier molecular flexibility index (Phi) is 4.53. The van der Waals surface area contributed by atoms with Crippen LogP contribution in [0.4, 0.5) is 0 Å². The van der Waals surface area contributed by atoms with E-state index in [0.29, 0.717) is 11.1 Å². The molecule has 2 aromatic rings. The zero-order chi connectivity index (χ0) is 17.3. The van der Waals surface area contributed by atoms with E-state index >= 15 is 0 Å². The Morgan fingerprint density at radius 1 is 1.08 bits per heavy atom. The normalized spacial score (nSPS) is 15.6. The second kappa shape index (κ2) is 6.46. The molecule has 0 N–H and O–H groups in total. The average molecular weight is 365 g/mol. The van der Waals surface area contributed by atoms with Gasteiger partial charge in [0, 0.05) is 11.4 Å². The molecule has 0 fully saturated rings. The number of fused-ring (bicyclic) bond motifs is 1. The average Bonchev–Trinajstić information content (AvgIpc) is 3.13. The summed E-state index contributed by atoms with van der Waals surface area (Å²) in [4.78, 5) is 26.5. The van der Waals surface area contributed by atoms with E-state index in [0.717, 1.165) is 16.0 Å². The lowest BCUT2D eigenvalue weighted by atomic mass is 10.1. The molecule has 1 aliphatic rings. The van der Waals surface area contributed by atoms with Gasteiger partial charge in [0.2, 0.25) is 0 Å². The predicted molar refractivity (Wildman–Crippen MR) is 89.4 cm³/mol. The summed E-state index contributed by atoms with van der Waals surface area (Å²) >= 11 is 1.37. The predicted octanol–water partition coefficient (Wildman–Crippen LogP) is 2.45. The maximum absolute atomic E-state index is 12.3. The molecule has 0 bridgehead atoms. The van der Waals surface area contributed by atoms with Crippen LogP contribution in [0.3, 0.4) is 0 Å². The van der Waals surface area contributed by atoms with Gasteiger partial charge in [-0.25, -0.2) is 0 Å². The van der Waals surface area contributed by atoms with E-state index < -0.39 is 16.2 Å². The van der Waals surface area contributed by atoms with Crippen LogP contribution in [0.5, 0.6) is 0 Å². The number of benzene rings is 1. The lowest BCUT2D eigenvalue weighted by Crippen LogP contribution is -2.32. The van der Waals surface area contributed by atoms with Crippen LogP contribution in [0.1, 0.15) is 38.1 Å². The largest absolute Gasteiger partial charge is 0.274 e. The van der Waals surface area contributed by atoms with Crippen molar-refractivity contribution in [2.24, 2.45) is 0 Å². The molecule has 1 unspecified atom stereocenters. The summed E-state index contributed by atoms with van der Waals surface area (Å²) < 4.78 is 28.1. The van der Waals surface area contributed by atoms with Crippen LogP contribution in [0, 0.1) is 0 Å². The lowest BCUT2D eigenvalue weighted by Gasteiger charge is -2.19. The number of rotatable bonds is 6. The third kappa shape index (κ3) is 3.40. The minimum absolute atomic E-state index is 0.0877. The molecule has 126 valence electrons. The molecular formula is C16H15NO5S2. The topological polar surface area (TPSA) is 80.8 Å². The number of carbonyl (C=O) groups is 2. The third-order valence-corrected chi connectivity index (χ3v) is 5.19. The summed E-state index contributed by atoms with van der Waals surface area (Å²) in [5.74, 6) is -0.722. The number of amides is 2. The van der Waals surface area contributed by atoms with Crippen molar-refractivity contribution in [1.82, 2.24) is 4.90 Å². The van der Waals surface area contributed by atoms with E-state index in [1.165, 1.54) is 11.3 Å². The SMILES string of the molecule is CS(=O)(=O)OC(CCN1C(=O)c2ccccc2C1=O)c1cccs1. The molecule has 1 aliphatic heterocycles. The number of carbonyl (C=O) groups excluding carboxylic acids is 2. The molecule has 8 heteroatoms. The second-order valence-electron chi connectivity index (χ2n) is 5.40. The Morgan fingerprint density at radius 2 is 1.71 bits per heavy atom. The van der Waals surface area contributed by atoms with Gasteiger partial charge in [-0.1, -0.05) is 18.2 Å². The summed E-state index contributed by atoms with van der Waals surface area (Å²) in [5, 5.41) is 1.82. The monoisotopic (exact) mass is 365 g/mol. The van der Waals surface area contributed by atoms with E-state index in [1.54, 1.807) is 36.4 Å². The number of imide groups is 1. The molecule has 0 saturated carbocycles. The highest BCUT2D eigenvalue weighted by atomic mass is 32.2. The van der Waals surface area contributed by atoms with Crippen molar-refractivity contribution in [1.29, 1.82) is 0 Å². The van der Waals surface area contributed by atoms with Gasteiger partial charge in [-0.2, -0.15) is 8.42 Å². The maximum atomic E-state index is 12.3. The number of hydrogen-bond acceptors (Lipinski definition) is 6. The molecule has 1 aromatic heterocycles. The van der Waals surface area contributed by atoms with Crippen LogP contribution in [0.15, 0.2) is 41.8 Å². The lowest BCUT2D eigenvalue weighted by molar-refractivity contribution is 0.0633. The minimum atomic E-state index is -3.66. The van der Waals surface area contributed by atoms with E-state index in [-0.39, 0.29) is 24.8 Å². The van der Waals surface area contributed by atoms with Crippen molar-refractivity contribution in [3.05, 3.63) is 57.8 Å². The van der Waals surface area contributed by atoms with Crippen molar-refractivity contribution in [2.45, 2.75) is 12.5 Å². The highest BCUT2D eigenvalue weighted by Gasteiger charge is 2.35. The smallest absolute Gasteiger partial charge is 0.265 e. The van der Waals surface area contributed by atoms with Crippen molar-refractivity contribution in [3.8, 4) is 0 Å². The van der Waals surface area contributed by atoms with Crippen molar-refractivity contribution < 1.29 is 22.2 Å². The summed E-state index contributed by atoms with van der Waals surface area (Å²) in [7, 11) is -3.66. The zero-order valence-electron chi connectivity index (χ0n) is 12.8. The molecule has 0 saturated heterocycles. The van der Waals surface area contributed by atoms with Crippen LogP contribution in [0.25, 0.3) is 0 Å². The summed E-state index contributed by atoms with van der Waals surface area (Å²) in [6.07, 6.45) is 0.471. The van der Waals surface area contributed by atoms with Gasteiger partial charge in [0.15, 0.2) is 0 Å². The first kappa shape index (κ1) is 16.8. The molecule has 24 heavy (non-hydrogen) atoms. The van der Waals surface area contributed by atoms with E-state index in [4.69, 9.17) is 4.18 Å². The first-order valence-corrected chi connectivity index (χ1v) is 9.93. The zero-order valence-corrected chi connectivity index (χ0v) is 14.5. The van der Waals surface area contributed by atoms with Crippen LogP contribution < -0.4 is 0 Å². The van der Waals surface area contributed by atoms with Crippen molar-refractivity contribution in [2.75, 3.05) is 12.8 Å². The van der Waals surface area contributed by atoms with Gasteiger partial charge in [-0.15, -0.1) is 11.3 Å². The maximum Gasteiger partial charge on any atom is 0.265 e.